The molecule has 0 aliphatic rings. The van der Waals surface area contributed by atoms with Crippen molar-refractivity contribution in [1.82, 2.24) is 15.2 Å². The van der Waals surface area contributed by atoms with Gasteiger partial charge in [-0.3, -0.25) is 9.78 Å². The molecule has 15 heavy (non-hydrogen) atoms. The molecule has 1 heterocycles. The molecular weight excluding hydrogens is 196 g/mol. The van der Waals surface area contributed by atoms with Crippen molar-refractivity contribution in [3.8, 4) is 0 Å². The molecule has 1 rings (SSSR count). The van der Waals surface area contributed by atoms with Crippen LogP contribution in [-0.4, -0.2) is 33.4 Å². The predicted molar refractivity (Wildman–Crippen MR) is 56.8 cm³/mol. The Kier molecular flexibility index (Phi) is 4.76. The highest BCUT2D eigenvalue weighted by Gasteiger charge is 1.98. The van der Waals surface area contributed by atoms with E-state index in [1.165, 1.54) is 0 Å². The number of anilines is 1. The maximum Gasteiger partial charge on any atom is 0.273 e. The third-order valence-corrected chi connectivity index (χ3v) is 1.99. The quantitative estimate of drug-likeness (QED) is 0.579. The standard InChI is InChI=1S/C9H16N4O2/c1-7-8(15)11-9(13-12-7)10-5-3-2-4-6-14/h14H,2-6H2,1H3,(H2,10,11,13,15). The number of H-pyrrole nitrogens is 1. The Labute approximate surface area is 87.8 Å². The fourth-order valence-electron chi connectivity index (χ4n) is 1.09. The zero-order chi connectivity index (χ0) is 11.1. The highest BCUT2D eigenvalue weighted by molar-refractivity contribution is 5.20. The number of aromatic nitrogens is 3. The van der Waals surface area contributed by atoms with Crippen LogP contribution in [-0.2, 0) is 0 Å². The molecule has 0 aromatic carbocycles. The Hall–Kier alpha value is -1.43. The van der Waals surface area contributed by atoms with Crippen molar-refractivity contribution in [1.29, 1.82) is 0 Å². The lowest BCUT2D eigenvalue weighted by molar-refractivity contribution is 0.283. The second-order valence-corrected chi connectivity index (χ2v) is 3.30. The number of aliphatic hydroxyl groups excluding tert-OH is 1. The first-order valence-corrected chi connectivity index (χ1v) is 5.02. The van der Waals surface area contributed by atoms with Crippen LogP contribution in [0.5, 0.6) is 0 Å². The van der Waals surface area contributed by atoms with E-state index in [9.17, 15) is 4.79 Å². The number of unbranched alkanes of at least 4 members (excludes halogenated alkanes) is 2. The summed E-state index contributed by atoms with van der Waals surface area (Å²) in [5.74, 6) is 0.398. The molecule has 84 valence electrons. The zero-order valence-electron chi connectivity index (χ0n) is 8.79. The van der Waals surface area contributed by atoms with Crippen LogP contribution in [0.2, 0.25) is 0 Å². The first kappa shape index (κ1) is 11.6. The summed E-state index contributed by atoms with van der Waals surface area (Å²) in [5, 5.41) is 19.0. The molecule has 0 bridgehead atoms. The van der Waals surface area contributed by atoms with Crippen LogP contribution in [0.15, 0.2) is 4.79 Å². The summed E-state index contributed by atoms with van der Waals surface area (Å²) in [6.45, 7) is 2.55. The number of rotatable bonds is 6. The van der Waals surface area contributed by atoms with Crippen LogP contribution in [0.3, 0.4) is 0 Å². The maximum atomic E-state index is 11.1. The van der Waals surface area contributed by atoms with Crippen LogP contribution in [0, 0.1) is 6.92 Å². The van der Waals surface area contributed by atoms with Crippen molar-refractivity contribution in [2.24, 2.45) is 0 Å². The minimum Gasteiger partial charge on any atom is -0.396 e. The van der Waals surface area contributed by atoms with E-state index in [4.69, 9.17) is 5.11 Å². The topological polar surface area (TPSA) is 90.9 Å². The third-order valence-electron chi connectivity index (χ3n) is 1.99. The van der Waals surface area contributed by atoms with E-state index in [0.717, 1.165) is 19.3 Å². The van der Waals surface area contributed by atoms with Crippen LogP contribution in [0.25, 0.3) is 0 Å². The second-order valence-electron chi connectivity index (χ2n) is 3.30. The van der Waals surface area contributed by atoms with Gasteiger partial charge in [-0.05, 0) is 26.2 Å². The van der Waals surface area contributed by atoms with Gasteiger partial charge in [0.1, 0.15) is 5.69 Å². The molecule has 0 aliphatic heterocycles. The summed E-state index contributed by atoms with van der Waals surface area (Å²) in [6.07, 6.45) is 2.68. The van der Waals surface area contributed by atoms with Gasteiger partial charge in [0, 0.05) is 13.2 Å². The van der Waals surface area contributed by atoms with Gasteiger partial charge in [0.2, 0.25) is 5.95 Å². The molecule has 6 heteroatoms. The normalized spacial score (nSPS) is 10.3. The highest BCUT2D eigenvalue weighted by atomic mass is 16.2. The summed E-state index contributed by atoms with van der Waals surface area (Å²) >= 11 is 0. The minimum absolute atomic E-state index is 0.220. The van der Waals surface area contributed by atoms with Gasteiger partial charge in [0.15, 0.2) is 0 Å². The van der Waals surface area contributed by atoms with Crippen molar-refractivity contribution in [2.75, 3.05) is 18.5 Å². The monoisotopic (exact) mass is 212 g/mol. The van der Waals surface area contributed by atoms with Gasteiger partial charge >= 0.3 is 0 Å². The summed E-state index contributed by atoms with van der Waals surface area (Å²) in [5.41, 5.74) is 0.142. The van der Waals surface area contributed by atoms with Crippen LogP contribution < -0.4 is 10.9 Å². The number of hydrogen-bond acceptors (Lipinski definition) is 5. The first-order valence-electron chi connectivity index (χ1n) is 5.02. The van der Waals surface area contributed by atoms with Gasteiger partial charge in [0.05, 0.1) is 0 Å². The van der Waals surface area contributed by atoms with E-state index in [1.54, 1.807) is 6.92 Å². The molecule has 1 aromatic heterocycles. The van der Waals surface area contributed by atoms with Crippen LogP contribution >= 0.6 is 0 Å². The number of aliphatic hydroxyl groups is 1. The fraction of sp³-hybridized carbons (Fsp3) is 0.667. The van der Waals surface area contributed by atoms with Crippen molar-refractivity contribution in [3.05, 3.63) is 16.0 Å². The molecule has 0 unspecified atom stereocenters. The molecule has 3 N–H and O–H groups in total. The van der Waals surface area contributed by atoms with Crippen LogP contribution in [0.4, 0.5) is 5.95 Å². The van der Waals surface area contributed by atoms with E-state index >= 15 is 0 Å². The van der Waals surface area contributed by atoms with Gasteiger partial charge in [-0.2, -0.15) is 0 Å². The fourth-order valence-corrected chi connectivity index (χ4v) is 1.09. The van der Waals surface area contributed by atoms with E-state index in [-0.39, 0.29) is 12.2 Å². The Bertz CT molecular complexity index is 350. The zero-order valence-corrected chi connectivity index (χ0v) is 8.79. The number of hydrogen-bond donors (Lipinski definition) is 3. The summed E-state index contributed by atoms with van der Waals surface area (Å²) in [4.78, 5) is 13.7. The average molecular weight is 212 g/mol. The Morgan fingerprint density at radius 1 is 1.33 bits per heavy atom. The lowest BCUT2D eigenvalue weighted by Gasteiger charge is -2.03. The Morgan fingerprint density at radius 2 is 2.13 bits per heavy atom. The summed E-state index contributed by atoms with van der Waals surface area (Å²) in [7, 11) is 0. The van der Waals surface area contributed by atoms with Crippen molar-refractivity contribution >= 4 is 5.95 Å². The smallest absolute Gasteiger partial charge is 0.273 e. The molecule has 6 nitrogen and oxygen atoms in total. The molecule has 0 amide bonds. The molecule has 0 radical (unpaired) electrons. The van der Waals surface area contributed by atoms with Gasteiger partial charge in [-0.15, -0.1) is 10.2 Å². The lowest BCUT2D eigenvalue weighted by Crippen LogP contribution is -2.17. The van der Waals surface area contributed by atoms with Gasteiger partial charge < -0.3 is 10.4 Å². The molecule has 0 atom stereocenters. The number of nitrogens with zero attached hydrogens (tertiary/aromatic N) is 2. The van der Waals surface area contributed by atoms with Crippen molar-refractivity contribution < 1.29 is 5.11 Å². The predicted octanol–water partition coefficient (Wildman–Crippen LogP) is 0.0478. The summed E-state index contributed by atoms with van der Waals surface area (Å²) < 4.78 is 0. The minimum atomic E-state index is -0.220. The Balaban J connectivity index is 2.32. The van der Waals surface area contributed by atoms with E-state index in [1.807, 2.05) is 0 Å². The highest BCUT2D eigenvalue weighted by Crippen LogP contribution is 1.96. The molecule has 0 saturated carbocycles. The maximum absolute atomic E-state index is 11.1. The van der Waals surface area contributed by atoms with E-state index < -0.39 is 0 Å². The number of aromatic amines is 1. The van der Waals surface area contributed by atoms with Gasteiger partial charge in [0.25, 0.3) is 5.56 Å². The molecule has 0 spiro atoms. The molecule has 0 saturated heterocycles. The van der Waals surface area contributed by atoms with E-state index in [0.29, 0.717) is 18.2 Å². The van der Waals surface area contributed by atoms with Crippen molar-refractivity contribution in [2.45, 2.75) is 26.2 Å². The molecule has 0 fully saturated rings. The second kappa shape index (κ2) is 6.13. The van der Waals surface area contributed by atoms with Gasteiger partial charge in [-0.1, -0.05) is 0 Å². The van der Waals surface area contributed by atoms with Crippen molar-refractivity contribution in [3.63, 3.8) is 0 Å². The third kappa shape index (κ3) is 4.07. The van der Waals surface area contributed by atoms with Gasteiger partial charge in [-0.25, -0.2) is 0 Å². The SMILES string of the molecule is Cc1nnc(NCCCCCO)[nH]c1=O. The number of nitrogens with one attached hydrogen (secondary N) is 2. The first-order chi connectivity index (χ1) is 7.24. The molecular formula is C9H16N4O2. The molecule has 1 aromatic rings. The largest absolute Gasteiger partial charge is 0.396 e. The molecule has 0 aliphatic carbocycles. The van der Waals surface area contributed by atoms with Crippen LogP contribution in [0.1, 0.15) is 25.0 Å². The lowest BCUT2D eigenvalue weighted by atomic mass is 10.2. The summed E-state index contributed by atoms with van der Waals surface area (Å²) in [6, 6.07) is 0. The van der Waals surface area contributed by atoms with E-state index in [2.05, 4.69) is 20.5 Å². The number of aryl methyl sites for hydroxylation is 1. The average Bonchev–Trinajstić information content (AvgIpc) is 2.23. The Morgan fingerprint density at radius 3 is 2.80 bits per heavy atom.